The molecular weight excluding hydrogens is 347 g/mol. The van der Waals surface area contributed by atoms with Crippen molar-refractivity contribution in [3.8, 4) is 5.75 Å². The number of benzene rings is 1. The van der Waals surface area contributed by atoms with E-state index in [0.29, 0.717) is 36.3 Å². The van der Waals surface area contributed by atoms with Crippen molar-refractivity contribution in [1.82, 2.24) is 4.90 Å². The fraction of sp³-hybridized carbons (Fsp3) is 0.389. The molecule has 1 aliphatic rings. The van der Waals surface area contributed by atoms with Gasteiger partial charge in [-0.25, -0.2) is 4.39 Å². The Hall–Kier alpha value is -2.05. The number of nitrogens with two attached hydrogens (primary N) is 1. The van der Waals surface area contributed by atoms with Crippen molar-refractivity contribution in [2.24, 2.45) is 11.7 Å². The number of hydrogen-bond acceptors (Lipinski definition) is 4. The third-order valence-corrected chi connectivity index (χ3v) is 4.32. The molecule has 0 saturated carbocycles. The first-order valence-corrected chi connectivity index (χ1v) is 8.05. The van der Waals surface area contributed by atoms with Crippen LogP contribution in [0, 0.1) is 11.7 Å². The molecule has 5 nitrogen and oxygen atoms in total. The minimum atomic E-state index is -0.316. The number of halogens is 2. The fourth-order valence-corrected chi connectivity index (χ4v) is 2.99. The van der Waals surface area contributed by atoms with Gasteiger partial charge in [0, 0.05) is 12.6 Å². The van der Waals surface area contributed by atoms with Crippen LogP contribution >= 0.6 is 12.4 Å². The van der Waals surface area contributed by atoms with E-state index < -0.39 is 0 Å². The van der Waals surface area contributed by atoms with Gasteiger partial charge in [0.25, 0.3) is 5.91 Å². The lowest BCUT2D eigenvalue weighted by Crippen LogP contribution is -2.34. The molecule has 1 aromatic carbocycles. The molecule has 2 aromatic rings. The van der Waals surface area contributed by atoms with Crippen LogP contribution in [0.5, 0.6) is 5.75 Å². The van der Waals surface area contributed by atoms with Crippen LogP contribution in [0.1, 0.15) is 29.7 Å². The number of amides is 1. The van der Waals surface area contributed by atoms with Crippen LogP contribution in [0.2, 0.25) is 0 Å². The van der Waals surface area contributed by atoms with Crippen LogP contribution in [-0.4, -0.2) is 29.9 Å². The first kappa shape index (κ1) is 19.3. The van der Waals surface area contributed by atoms with Crippen molar-refractivity contribution in [3.05, 3.63) is 53.7 Å². The van der Waals surface area contributed by atoms with E-state index >= 15 is 0 Å². The Balaban J connectivity index is 0.00000225. The minimum absolute atomic E-state index is 0. The predicted octanol–water partition coefficient (Wildman–Crippen LogP) is 3.23. The number of hydrogen-bond donors (Lipinski definition) is 1. The zero-order valence-corrected chi connectivity index (χ0v) is 14.8. The summed E-state index contributed by atoms with van der Waals surface area (Å²) >= 11 is 0. The summed E-state index contributed by atoms with van der Waals surface area (Å²) in [4.78, 5) is 14.4. The van der Waals surface area contributed by atoms with Gasteiger partial charge in [-0.2, -0.15) is 0 Å². The summed E-state index contributed by atoms with van der Waals surface area (Å²) in [6, 6.07) is 9.29. The van der Waals surface area contributed by atoms with Gasteiger partial charge in [0.2, 0.25) is 0 Å². The van der Waals surface area contributed by atoms with E-state index in [-0.39, 0.29) is 36.8 Å². The van der Waals surface area contributed by atoms with Gasteiger partial charge >= 0.3 is 0 Å². The van der Waals surface area contributed by atoms with Crippen molar-refractivity contribution in [3.63, 3.8) is 0 Å². The van der Waals surface area contributed by atoms with E-state index in [0.717, 1.165) is 6.42 Å². The molecule has 0 aliphatic carbocycles. The summed E-state index contributed by atoms with van der Waals surface area (Å²) in [7, 11) is 0. The molecule has 1 aromatic heterocycles. The summed E-state index contributed by atoms with van der Waals surface area (Å²) in [5, 5.41) is 0. The van der Waals surface area contributed by atoms with Gasteiger partial charge in [-0.1, -0.05) is 0 Å². The van der Waals surface area contributed by atoms with Crippen LogP contribution < -0.4 is 10.5 Å². The molecule has 136 valence electrons. The van der Waals surface area contributed by atoms with Crippen molar-refractivity contribution in [2.75, 3.05) is 13.1 Å². The first-order valence-electron chi connectivity index (χ1n) is 8.05. The van der Waals surface area contributed by atoms with E-state index in [4.69, 9.17) is 14.9 Å². The molecule has 1 amide bonds. The van der Waals surface area contributed by atoms with Crippen LogP contribution in [0.15, 0.2) is 40.8 Å². The lowest BCUT2D eigenvalue weighted by molar-refractivity contribution is 0.0707. The normalized spacial score (nSPS) is 19.6. The van der Waals surface area contributed by atoms with E-state index in [9.17, 15) is 9.18 Å². The average Bonchev–Trinajstić information content (AvgIpc) is 3.20. The Labute approximate surface area is 152 Å². The van der Waals surface area contributed by atoms with E-state index in [2.05, 4.69) is 0 Å². The standard InChI is InChI=1S/C18H21FN2O3.ClH/c1-12-8-13(9-20)10-21(12)18(22)17-7-6-16(24-17)11-23-15-4-2-14(19)3-5-15;/h2-7,12-13H,8-11,20H2,1H3;1H. The van der Waals surface area contributed by atoms with Crippen LogP contribution in [0.4, 0.5) is 4.39 Å². The molecule has 0 radical (unpaired) electrons. The Kier molecular flexibility index (Phi) is 6.45. The third-order valence-electron chi connectivity index (χ3n) is 4.32. The molecule has 25 heavy (non-hydrogen) atoms. The zero-order chi connectivity index (χ0) is 17.1. The van der Waals surface area contributed by atoms with Gasteiger partial charge in [0.05, 0.1) is 0 Å². The summed E-state index contributed by atoms with van der Waals surface area (Å²) < 4.78 is 24.0. The number of ether oxygens (including phenoxy) is 1. The zero-order valence-electron chi connectivity index (χ0n) is 14.0. The summed E-state index contributed by atoms with van der Waals surface area (Å²) in [6.45, 7) is 3.45. The minimum Gasteiger partial charge on any atom is -0.486 e. The Morgan fingerprint density at radius 3 is 2.68 bits per heavy atom. The molecule has 2 atom stereocenters. The molecule has 1 saturated heterocycles. The Bertz CT molecular complexity index is 705. The quantitative estimate of drug-likeness (QED) is 0.879. The monoisotopic (exact) mass is 368 g/mol. The number of likely N-dealkylation sites (tertiary alicyclic amines) is 1. The second kappa shape index (κ2) is 8.36. The van der Waals surface area contributed by atoms with Gasteiger partial charge in [-0.3, -0.25) is 4.79 Å². The van der Waals surface area contributed by atoms with Gasteiger partial charge in [-0.05, 0) is 62.2 Å². The maximum absolute atomic E-state index is 12.9. The largest absolute Gasteiger partial charge is 0.486 e. The van der Waals surface area contributed by atoms with Gasteiger partial charge in [0.1, 0.15) is 23.9 Å². The highest BCUT2D eigenvalue weighted by Crippen LogP contribution is 2.25. The Morgan fingerprint density at radius 2 is 2.04 bits per heavy atom. The first-order chi connectivity index (χ1) is 11.6. The van der Waals surface area contributed by atoms with Crippen molar-refractivity contribution in [2.45, 2.75) is 26.0 Å². The van der Waals surface area contributed by atoms with Crippen molar-refractivity contribution >= 4 is 18.3 Å². The van der Waals surface area contributed by atoms with E-state index in [1.54, 1.807) is 29.2 Å². The van der Waals surface area contributed by atoms with Crippen LogP contribution in [-0.2, 0) is 6.61 Å². The lowest BCUT2D eigenvalue weighted by atomic mass is 10.1. The topological polar surface area (TPSA) is 68.7 Å². The Morgan fingerprint density at radius 1 is 1.32 bits per heavy atom. The number of carbonyl (C=O) groups excluding carboxylic acids is 1. The number of nitrogens with zero attached hydrogens (tertiary/aromatic N) is 1. The smallest absolute Gasteiger partial charge is 0.289 e. The van der Waals surface area contributed by atoms with Crippen molar-refractivity contribution in [1.29, 1.82) is 0 Å². The fourth-order valence-electron chi connectivity index (χ4n) is 2.99. The number of rotatable bonds is 5. The molecule has 3 rings (SSSR count). The maximum atomic E-state index is 12.9. The number of furan rings is 1. The highest BCUT2D eigenvalue weighted by atomic mass is 35.5. The van der Waals surface area contributed by atoms with Gasteiger partial charge in [0.15, 0.2) is 5.76 Å². The van der Waals surface area contributed by atoms with Crippen LogP contribution in [0.25, 0.3) is 0 Å². The molecule has 0 bridgehead atoms. The van der Waals surface area contributed by atoms with Gasteiger partial charge < -0.3 is 19.8 Å². The molecule has 1 aliphatic heterocycles. The highest BCUT2D eigenvalue weighted by molar-refractivity contribution is 5.92. The molecule has 1 fully saturated rings. The SMILES string of the molecule is CC1CC(CN)CN1C(=O)c1ccc(COc2ccc(F)cc2)o1.Cl. The molecule has 0 spiro atoms. The molecule has 2 heterocycles. The molecule has 7 heteroatoms. The molecule has 2 unspecified atom stereocenters. The predicted molar refractivity (Wildman–Crippen MR) is 94.3 cm³/mol. The van der Waals surface area contributed by atoms with E-state index in [1.165, 1.54) is 12.1 Å². The summed E-state index contributed by atoms with van der Waals surface area (Å²) in [6.07, 6.45) is 0.920. The maximum Gasteiger partial charge on any atom is 0.289 e. The highest BCUT2D eigenvalue weighted by Gasteiger charge is 2.33. The summed E-state index contributed by atoms with van der Waals surface area (Å²) in [5.41, 5.74) is 5.70. The average molecular weight is 369 g/mol. The molecule has 2 N–H and O–H groups in total. The third kappa shape index (κ3) is 4.52. The van der Waals surface area contributed by atoms with Crippen LogP contribution in [0.3, 0.4) is 0 Å². The van der Waals surface area contributed by atoms with Crippen molar-refractivity contribution < 1.29 is 18.3 Å². The number of carbonyl (C=O) groups is 1. The second-order valence-electron chi connectivity index (χ2n) is 6.15. The second-order valence-corrected chi connectivity index (χ2v) is 6.15. The molecular formula is C18H22ClFN2O3. The summed E-state index contributed by atoms with van der Waals surface area (Å²) in [5.74, 6) is 1.30. The van der Waals surface area contributed by atoms with Gasteiger partial charge in [-0.15, -0.1) is 12.4 Å². The van der Waals surface area contributed by atoms with E-state index in [1.807, 2.05) is 6.92 Å². The lowest BCUT2D eigenvalue weighted by Gasteiger charge is -2.20.